The predicted octanol–water partition coefficient (Wildman–Crippen LogP) is 4.41. The van der Waals surface area contributed by atoms with Crippen LogP contribution in [-0.2, 0) is 0 Å². The summed E-state index contributed by atoms with van der Waals surface area (Å²) < 4.78 is 28.8. The zero-order chi connectivity index (χ0) is 18.3. The highest BCUT2D eigenvalue weighted by Gasteiger charge is 2.19. The van der Waals surface area contributed by atoms with Gasteiger partial charge in [-0.1, -0.05) is 17.7 Å². The van der Waals surface area contributed by atoms with Crippen molar-refractivity contribution in [3.63, 3.8) is 0 Å². The van der Waals surface area contributed by atoms with E-state index in [9.17, 15) is 8.78 Å². The molecule has 0 bridgehead atoms. The summed E-state index contributed by atoms with van der Waals surface area (Å²) in [6.45, 7) is 0. The molecule has 4 aromatic rings. The van der Waals surface area contributed by atoms with Gasteiger partial charge in [-0.15, -0.1) is 11.3 Å². The zero-order valence-corrected chi connectivity index (χ0v) is 14.4. The van der Waals surface area contributed by atoms with Gasteiger partial charge in [0.15, 0.2) is 11.6 Å². The van der Waals surface area contributed by atoms with E-state index in [2.05, 4.69) is 25.3 Å². The van der Waals surface area contributed by atoms with Crippen LogP contribution >= 0.6 is 22.9 Å². The Morgan fingerprint density at radius 3 is 2.73 bits per heavy atom. The third kappa shape index (κ3) is 2.91. The number of hydrogen-bond donors (Lipinski definition) is 2. The molecule has 0 saturated carbocycles. The summed E-state index contributed by atoms with van der Waals surface area (Å²) >= 11 is 7.16. The van der Waals surface area contributed by atoms with Crippen LogP contribution in [0.4, 0.5) is 26.2 Å². The topological polar surface area (TPSA) is 89.6 Å². The van der Waals surface area contributed by atoms with Crippen LogP contribution in [-0.4, -0.2) is 19.9 Å². The monoisotopic (exact) mass is 390 g/mol. The van der Waals surface area contributed by atoms with E-state index < -0.39 is 11.6 Å². The predicted molar refractivity (Wildman–Crippen MR) is 97.5 cm³/mol. The summed E-state index contributed by atoms with van der Waals surface area (Å²) in [5.74, 6) is -0.192. The molecule has 130 valence electrons. The number of thiazole rings is 1. The molecule has 4 rings (SSSR count). The molecule has 3 aromatic heterocycles. The van der Waals surface area contributed by atoms with Gasteiger partial charge in [0.2, 0.25) is 0 Å². The number of hydrogen-bond acceptors (Lipinski definition) is 7. The second-order valence-electron chi connectivity index (χ2n) is 5.20. The van der Waals surface area contributed by atoms with Crippen molar-refractivity contribution in [2.75, 3.05) is 11.1 Å². The van der Waals surface area contributed by atoms with Gasteiger partial charge in [-0.2, -0.15) is 0 Å². The summed E-state index contributed by atoms with van der Waals surface area (Å²) in [6.07, 6.45) is 2.32. The smallest absolute Gasteiger partial charge is 0.168 e. The fourth-order valence-corrected chi connectivity index (χ4v) is 3.73. The Labute approximate surface area is 154 Å². The Bertz CT molecular complexity index is 1110. The van der Waals surface area contributed by atoms with Gasteiger partial charge in [0, 0.05) is 6.07 Å². The number of nitrogens with one attached hydrogen (secondary N) is 1. The Hall–Kier alpha value is -2.91. The molecule has 0 atom stereocenters. The van der Waals surface area contributed by atoms with Crippen LogP contribution < -0.4 is 11.1 Å². The molecule has 0 amide bonds. The SMILES string of the molecule is Nc1cc(Nc2ncc(F)c3nc(-c4c(F)cccc4Cl)sc23)ncn1. The van der Waals surface area contributed by atoms with Crippen molar-refractivity contribution >= 4 is 50.6 Å². The van der Waals surface area contributed by atoms with Gasteiger partial charge in [-0.25, -0.2) is 28.7 Å². The minimum absolute atomic E-state index is 0.0591. The lowest BCUT2D eigenvalue weighted by atomic mass is 10.2. The molecule has 0 aliphatic carbocycles. The fourth-order valence-electron chi connectivity index (χ4n) is 2.34. The number of nitrogens with zero attached hydrogens (tertiary/aromatic N) is 4. The number of aromatic nitrogens is 4. The number of nitrogens with two attached hydrogens (primary N) is 1. The van der Waals surface area contributed by atoms with Gasteiger partial charge in [-0.05, 0) is 12.1 Å². The number of rotatable bonds is 3. The van der Waals surface area contributed by atoms with E-state index in [1.165, 1.54) is 24.5 Å². The van der Waals surface area contributed by atoms with E-state index in [0.29, 0.717) is 16.3 Å². The van der Waals surface area contributed by atoms with E-state index in [1.54, 1.807) is 6.07 Å². The van der Waals surface area contributed by atoms with Gasteiger partial charge in [0.05, 0.1) is 16.8 Å². The normalized spacial score (nSPS) is 11.0. The molecule has 1 aromatic carbocycles. The van der Waals surface area contributed by atoms with Crippen LogP contribution in [0.2, 0.25) is 5.02 Å². The molecule has 0 fully saturated rings. The molecule has 3 N–H and O–H groups in total. The van der Waals surface area contributed by atoms with Crippen molar-refractivity contribution in [2.24, 2.45) is 0 Å². The number of halogens is 3. The lowest BCUT2D eigenvalue weighted by Gasteiger charge is -2.05. The molecule has 0 radical (unpaired) electrons. The van der Waals surface area contributed by atoms with Crippen LogP contribution in [0.3, 0.4) is 0 Å². The Kier molecular flexibility index (Phi) is 4.09. The van der Waals surface area contributed by atoms with E-state index in [1.807, 2.05) is 0 Å². The molecule has 3 heterocycles. The van der Waals surface area contributed by atoms with Crippen molar-refractivity contribution in [2.45, 2.75) is 0 Å². The van der Waals surface area contributed by atoms with Crippen molar-refractivity contribution in [3.05, 3.63) is 53.4 Å². The third-order valence-corrected chi connectivity index (χ3v) is 4.88. The highest BCUT2D eigenvalue weighted by atomic mass is 35.5. The second-order valence-corrected chi connectivity index (χ2v) is 6.61. The molecule has 6 nitrogen and oxygen atoms in total. The quantitative estimate of drug-likeness (QED) is 0.538. The summed E-state index contributed by atoms with van der Waals surface area (Å²) in [6, 6.07) is 5.81. The third-order valence-electron chi connectivity index (χ3n) is 3.49. The Balaban J connectivity index is 1.86. The van der Waals surface area contributed by atoms with Crippen LogP contribution in [0.5, 0.6) is 0 Å². The zero-order valence-electron chi connectivity index (χ0n) is 12.9. The first-order valence-corrected chi connectivity index (χ1v) is 8.46. The number of pyridine rings is 1. The fraction of sp³-hybridized carbons (Fsp3) is 0. The Morgan fingerprint density at radius 1 is 1.12 bits per heavy atom. The average Bonchev–Trinajstić information content (AvgIpc) is 3.03. The number of fused-ring (bicyclic) bond motifs is 1. The highest BCUT2D eigenvalue weighted by Crippen LogP contribution is 2.39. The number of nitrogen functional groups attached to an aromatic ring is 1. The van der Waals surface area contributed by atoms with Crippen molar-refractivity contribution in [3.8, 4) is 10.6 Å². The summed E-state index contributed by atoms with van der Waals surface area (Å²) in [7, 11) is 0. The molecule has 10 heteroatoms. The maximum absolute atomic E-state index is 14.2. The van der Waals surface area contributed by atoms with Gasteiger partial charge >= 0.3 is 0 Å². The largest absolute Gasteiger partial charge is 0.384 e. The van der Waals surface area contributed by atoms with Gasteiger partial charge in [0.25, 0.3) is 0 Å². The molecule has 26 heavy (non-hydrogen) atoms. The molecular formula is C16H9ClF2N6S. The first-order chi connectivity index (χ1) is 12.5. The molecule has 0 saturated heterocycles. The molecule has 0 aliphatic rings. The standard InChI is InChI=1S/C16H9ClF2N6S/c17-7-2-1-3-8(18)12(7)16-25-13-9(19)5-21-15(14(13)26-16)24-11-4-10(20)22-6-23-11/h1-6H,(H3,20,21,22,23,24). The summed E-state index contributed by atoms with van der Waals surface area (Å²) in [4.78, 5) is 16.1. The minimum Gasteiger partial charge on any atom is -0.384 e. The van der Waals surface area contributed by atoms with Gasteiger partial charge < -0.3 is 11.1 Å². The molecule has 0 aliphatic heterocycles. The molecule has 0 spiro atoms. The van der Waals surface area contributed by atoms with Crippen LogP contribution in [0.25, 0.3) is 20.8 Å². The lowest BCUT2D eigenvalue weighted by molar-refractivity contribution is 0.629. The van der Waals surface area contributed by atoms with Crippen LogP contribution in [0.1, 0.15) is 0 Å². The van der Waals surface area contributed by atoms with Crippen LogP contribution in [0.15, 0.2) is 36.8 Å². The van der Waals surface area contributed by atoms with E-state index in [4.69, 9.17) is 17.3 Å². The lowest BCUT2D eigenvalue weighted by Crippen LogP contribution is -1.99. The minimum atomic E-state index is -0.622. The number of anilines is 3. The van der Waals surface area contributed by atoms with Crippen molar-refractivity contribution in [1.29, 1.82) is 0 Å². The van der Waals surface area contributed by atoms with E-state index in [-0.39, 0.29) is 26.9 Å². The first-order valence-electron chi connectivity index (χ1n) is 7.27. The highest BCUT2D eigenvalue weighted by molar-refractivity contribution is 7.22. The van der Waals surface area contributed by atoms with Gasteiger partial charge in [0.1, 0.15) is 39.0 Å². The van der Waals surface area contributed by atoms with E-state index >= 15 is 0 Å². The van der Waals surface area contributed by atoms with Crippen LogP contribution in [0, 0.1) is 11.6 Å². The number of benzene rings is 1. The average molecular weight is 391 g/mol. The maximum Gasteiger partial charge on any atom is 0.168 e. The maximum atomic E-state index is 14.2. The molecule has 0 unspecified atom stereocenters. The van der Waals surface area contributed by atoms with Gasteiger partial charge in [-0.3, -0.25) is 0 Å². The molecular weight excluding hydrogens is 382 g/mol. The summed E-state index contributed by atoms with van der Waals surface area (Å²) in [5.41, 5.74) is 5.80. The Morgan fingerprint density at radius 2 is 1.96 bits per heavy atom. The van der Waals surface area contributed by atoms with Crippen molar-refractivity contribution in [1.82, 2.24) is 19.9 Å². The summed E-state index contributed by atoms with van der Waals surface area (Å²) in [5, 5.41) is 3.38. The second kappa shape index (κ2) is 6.43. The first kappa shape index (κ1) is 16.6. The van der Waals surface area contributed by atoms with Crippen molar-refractivity contribution < 1.29 is 8.78 Å². The van der Waals surface area contributed by atoms with E-state index in [0.717, 1.165) is 17.5 Å².